The molecular weight excluding hydrogens is 408 g/mol. The van der Waals surface area contributed by atoms with Crippen molar-refractivity contribution in [3.8, 4) is 0 Å². The minimum Gasteiger partial charge on any atom is -0.352 e. The summed E-state index contributed by atoms with van der Waals surface area (Å²) in [5, 5.41) is 0. The molecule has 0 bridgehead atoms. The van der Waals surface area contributed by atoms with E-state index in [0.29, 0.717) is 0 Å². The van der Waals surface area contributed by atoms with E-state index in [1.165, 1.54) is 24.9 Å². The Labute approximate surface area is 193 Å². The lowest BCUT2D eigenvalue weighted by molar-refractivity contribution is -0.220. The molecule has 0 rings (SSSR count). The molecule has 0 saturated carbocycles. The highest BCUT2D eigenvalue weighted by Crippen LogP contribution is 2.27. The first-order chi connectivity index (χ1) is 14.0. The molecule has 0 heterocycles. The molecule has 0 atom stereocenters. The van der Waals surface area contributed by atoms with Crippen molar-refractivity contribution in [1.82, 2.24) is 0 Å². The Bertz CT molecular complexity index is 356. The Hall–Kier alpha value is 0.274. The van der Waals surface area contributed by atoms with Crippen molar-refractivity contribution in [3.63, 3.8) is 0 Å². The molecule has 0 N–H and O–H groups in total. The first-order valence-electron chi connectivity index (χ1n) is 12.7. The van der Waals surface area contributed by atoms with E-state index < -0.39 is 19.0 Å². The van der Waals surface area contributed by atoms with E-state index in [1.807, 2.05) is 0 Å². The van der Waals surface area contributed by atoms with Gasteiger partial charge in [-0.15, -0.1) is 0 Å². The van der Waals surface area contributed by atoms with Crippen LogP contribution < -0.4 is 0 Å². The number of unbranched alkanes of at least 4 members (excludes halogenated alkanes) is 1. The monoisotopic (exact) mass is 462 g/mol. The Morgan fingerprint density at radius 1 is 0.533 bits per heavy atom. The van der Waals surface area contributed by atoms with Crippen molar-refractivity contribution in [1.29, 1.82) is 0 Å². The molecule has 0 saturated heterocycles. The van der Waals surface area contributed by atoms with Crippen LogP contribution >= 0.6 is 0 Å². The van der Waals surface area contributed by atoms with Gasteiger partial charge in [-0.3, -0.25) is 0 Å². The highest BCUT2D eigenvalue weighted by atomic mass is 28.2. The second kappa shape index (κ2) is 16.0. The summed E-state index contributed by atoms with van der Waals surface area (Å²) in [4.78, 5) is 0. The van der Waals surface area contributed by atoms with Crippen LogP contribution in [-0.2, 0) is 18.9 Å². The highest BCUT2D eigenvalue weighted by Gasteiger charge is 2.34. The normalized spacial score (nSPS) is 14.2. The van der Waals surface area contributed by atoms with Crippen LogP contribution in [0.4, 0.5) is 0 Å². The lowest BCUT2D eigenvalue weighted by Crippen LogP contribution is -2.46. The second-order valence-corrected chi connectivity index (χ2v) is 14.5. The van der Waals surface area contributed by atoms with E-state index in [4.69, 9.17) is 18.9 Å². The van der Waals surface area contributed by atoms with Gasteiger partial charge in [0, 0.05) is 0 Å². The van der Waals surface area contributed by atoms with E-state index in [1.54, 1.807) is 0 Å². The summed E-state index contributed by atoms with van der Waals surface area (Å²) >= 11 is 0. The quantitative estimate of drug-likeness (QED) is 0.143. The van der Waals surface area contributed by atoms with Gasteiger partial charge in [0.2, 0.25) is 0 Å². The second-order valence-electron chi connectivity index (χ2n) is 9.90. The molecule has 30 heavy (non-hydrogen) atoms. The van der Waals surface area contributed by atoms with Crippen LogP contribution in [0.2, 0.25) is 12.1 Å². The van der Waals surface area contributed by atoms with Gasteiger partial charge in [-0.25, -0.2) is 0 Å². The standard InChI is InChI=1S/C24H54O4Si2/c1-11-15-23(25-19(3)4,26-20(5)6)29-17-13-14-18-30-24(16-12-2,27-21(7)8)28-22(9)10/h19-22H,11-18,29-30H2,1-10H3. The Morgan fingerprint density at radius 3 is 1.00 bits per heavy atom. The fourth-order valence-corrected chi connectivity index (χ4v) is 9.70. The van der Waals surface area contributed by atoms with E-state index in [-0.39, 0.29) is 35.2 Å². The molecule has 0 amide bonds. The van der Waals surface area contributed by atoms with Crippen molar-refractivity contribution < 1.29 is 18.9 Å². The average Bonchev–Trinajstić information content (AvgIpc) is 2.56. The number of rotatable bonds is 19. The molecule has 0 unspecified atom stereocenters. The third-order valence-corrected chi connectivity index (χ3v) is 9.53. The predicted octanol–water partition coefficient (Wildman–Crippen LogP) is 5.55. The molecular formula is C24H54O4Si2. The third kappa shape index (κ3) is 13.6. The molecule has 0 aliphatic heterocycles. The maximum absolute atomic E-state index is 6.38. The summed E-state index contributed by atoms with van der Waals surface area (Å²) in [6.45, 7) is 21.5. The molecule has 4 nitrogen and oxygen atoms in total. The minimum atomic E-state index is -0.478. The van der Waals surface area contributed by atoms with Gasteiger partial charge in [-0.1, -0.05) is 51.6 Å². The lowest BCUT2D eigenvalue weighted by Gasteiger charge is -2.38. The largest absolute Gasteiger partial charge is 0.352 e. The van der Waals surface area contributed by atoms with E-state index in [0.717, 1.165) is 25.7 Å². The molecule has 0 aliphatic rings. The maximum atomic E-state index is 6.38. The number of hydrogen-bond acceptors (Lipinski definition) is 4. The molecule has 6 heteroatoms. The molecule has 0 aromatic carbocycles. The topological polar surface area (TPSA) is 36.9 Å². The molecule has 0 spiro atoms. The van der Waals surface area contributed by atoms with Gasteiger partial charge in [0.1, 0.15) is 10.8 Å². The van der Waals surface area contributed by atoms with Gasteiger partial charge < -0.3 is 18.9 Å². The molecule has 0 fully saturated rings. The Balaban J connectivity index is 4.75. The van der Waals surface area contributed by atoms with Crippen molar-refractivity contribution in [3.05, 3.63) is 0 Å². The molecule has 0 aromatic heterocycles. The van der Waals surface area contributed by atoms with Crippen molar-refractivity contribution in [2.45, 2.75) is 155 Å². The lowest BCUT2D eigenvalue weighted by atomic mass is 10.3. The van der Waals surface area contributed by atoms with Crippen LogP contribution in [0.25, 0.3) is 0 Å². The number of hydrogen-bond donors (Lipinski definition) is 0. The molecule has 0 aliphatic carbocycles. The van der Waals surface area contributed by atoms with E-state index >= 15 is 0 Å². The van der Waals surface area contributed by atoms with Gasteiger partial charge in [-0.2, -0.15) is 0 Å². The fourth-order valence-electron chi connectivity index (χ4n) is 4.40. The highest BCUT2D eigenvalue weighted by molar-refractivity contribution is 6.39. The predicted molar refractivity (Wildman–Crippen MR) is 136 cm³/mol. The molecule has 182 valence electrons. The summed E-state index contributed by atoms with van der Waals surface area (Å²) in [6.07, 6.45) is 7.67. The van der Waals surface area contributed by atoms with Gasteiger partial charge in [-0.05, 0) is 68.2 Å². The van der Waals surface area contributed by atoms with E-state index in [2.05, 4.69) is 69.2 Å². The van der Waals surface area contributed by atoms with Gasteiger partial charge in [0.25, 0.3) is 0 Å². The summed E-state index contributed by atoms with van der Waals surface area (Å²) in [7, 11) is -0.955. The van der Waals surface area contributed by atoms with Crippen LogP contribution in [0.15, 0.2) is 0 Å². The minimum absolute atomic E-state index is 0.214. The Kier molecular flexibility index (Phi) is 16.1. The Morgan fingerprint density at radius 2 is 0.800 bits per heavy atom. The molecule has 0 radical (unpaired) electrons. The van der Waals surface area contributed by atoms with Gasteiger partial charge in [0.15, 0.2) is 0 Å². The van der Waals surface area contributed by atoms with Crippen LogP contribution in [-0.4, -0.2) is 54.3 Å². The van der Waals surface area contributed by atoms with Crippen molar-refractivity contribution in [2.75, 3.05) is 0 Å². The van der Waals surface area contributed by atoms with Crippen LogP contribution in [0.1, 0.15) is 108 Å². The first-order valence-corrected chi connectivity index (χ1v) is 16.1. The van der Waals surface area contributed by atoms with Gasteiger partial charge >= 0.3 is 0 Å². The zero-order valence-corrected chi connectivity index (χ0v) is 24.8. The summed E-state index contributed by atoms with van der Waals surface area (Å²) in [6, 6.07) is 2.56. The summed E-state index contributed by atoms with van der Waals surface area (Å²) < 4.78 is 25.5. The fraction of sp³-hybridized carbons (Fsp3) is 1.00. The molecule has 0 aromatic rings. The van der Waals surface area contributed by atoms with Crippen molar-refractivity contribution >= 4 is 19.0 Å². The average molecular weight is 463 g/mol. The smallest absolute Gasteiger partial charge is 0.145 e. The van der Waals surface area contributed by atoms with Crippen molar-refractivity contribution in [2.24, 2.45) is 0 Å². The SMILES string of the molecule is CCCC(OC(C)C)(OC(C)C)[SiH2]CCCC[SiH2]C(CCC)(OC(C)C)OC(C)C. The first kappa shape index (κ1) is 30.3. The van der Waals surface area contributed by atoms with Crippen LogP contribution in [0.3, 0.4) is 0 Å². The zero-order valence-electron chi connectivity index (χ0n) is 22.0. The number of ether oxygens (including phenoxy) is 4. The van der Waals surface area contributed by atoms with Crippen LogP contribution in [0.5, 0.6) is 0 Å². The van der Waals surface area contributed by atoms with Crippen LogP contribution in [0, 0.1) is 0 Å². The summed E-state index contributed by atoms with van der Waals surface area (Å²) in [5.41, 5.74) is -0.579. The maximum Gasteiger partial charge on any atom is 0.145 e. The summed E-state index contributed by atoms with van der Waals surface area (Å²) in [5.74, 6) is 0. The van der Waals surface area contributed by atoms with Gasteiger partial charge in [0.05, 0.1) is 43.5 Å². The third-order valence-electron chi connectivity index (χ3n) is 4.93. The zero-order chi connectivity index (χ0) is 23.2. The van der Waals surface area contributed by atoms with E-state index in [9.17, 15) is 0 Å².